The molecule has 2 rings (SSSR count). The van der Waals surface area contributed by atoms with Crippen LogP contribution in [0.1, 0.15) is 18.5 Å². The monoisotopic (exact) mass is 231 g/mol. The van der Waals surface area contributed by atoms with Gasteiger partial charge in [-0.25, -0.2) is 9.97 Å². The quantitative estimate of drug-likeness (QED) is 0.710. The Labute approximate surface area is 99.1 Å². The number of aromatic nitrogens is 2. The molecule has 88 valence electrons. The zero-order chi connectivity index (χ0) is 12.1. The van der Waals surface area contributed by atoms with Gasteiger partial charge in [-0.05, 0) is 12.8 Å². The molecule has 0 saturated heterocycles. The zero-order valence-corrected chi connectivity index (χ0v) is 9.31. The number of rotatable bonds is 5. The lowest BCUT2D eigenvalue weighted by Gasteiger charge is -2.06. The second-order valence-corrected chi connectivity index (χ2v) is 3.89. The van der Waals surface area contributed by atoms with Crippen molar-refractivity contribution in [1.82, 2.24) is 15.3 Å². The number of nitriles is 1. The molecule has 0 atom stereocenters. The van der Waals surface area contributed by atoms with Crippen molar-refractivity contribution in [1.29, 1.82) is 5.26 Å². The summed E-state index contributed by atoms with van der Waals surface area (Å²) >= 11 is 0. The standard InChI is InChI=1S/C11H13N5O/c12-5-9-6-16-10(7-15-9)13-3-4-14-11(17)8-1-2-8/h6-8H,1-4H2,(H,13,16)(H,14,17). The Balaban J connectivity index is 1.67. The summed E-state index contributed by atoms with van der Waals surface area (Å²) in [6, 6.07) is 1.90. The van der Waals surface area contributed by atoms with Crippen molar-refractivity contribution in [3.8, 4) is 6.07 Å². The Morgan fingerprint density at radius 2 is 2.24 bits per heavy atom. The van der Waals surface area contributed by atoms with Crippen LogP contribution < -0.4 is 10.6 Å². The molecule has 17 heavy (non-hydrogen) atoms. The minimum absolute atomic E-state index is 0.137. The van der Waals surface area contributed by atoms with Crippen molar-refractivity contribution in [2.75, 3.05) is 18.4 Å². The minimum Gasteiger partial charge on any atom is -0.367 e. The van der Waals surface area contributed by atoms with E-state index >= 15 is 0 Å². The number of carbonyl (C=O) groups excluding carboxylic acids is 1. The number of carbonyl (C=O) groups is 1. The highest BCUT2D eigenvalue weighted by Crippen LogP contribution is 2.28. The van der Waals surface area contributed by atoms with Gasteiger partial charge in [0.1, 0.15) is 11.9 Å². The van der Waals surface area contributed by atoms with Gasteiger partial charge in [0.05, 0.1) is 12.4 Å². The highest BCUT2D eigenvalue weighted by molar-refractivity contribution is 5.80. The Bertz CT molecular complexity index is 432. The normalized spacial score (nSPS) is 13.8. The van der Waals surface area contributed by atoms with Gasteiger partial charge in [0, 0.05) is 19.0 Å². The SMILES string of the molecule is N#Cc1cnc(NCCNC(=O)C2CC2)cn1. The van der Waals surface area contributed by atoms with Gasteiger partial charge in [0.15, 0.2) is 5.69 Å². The van der Waals surface area contributed by atoms with Crippen LogP contribution in [0.25, 0.3) is 0 Å². The van der Waals surface area contributed by atoms with Crippen molar-refractivity contribution < 1.29 is 4.79 Å². The van der Waals surface area contributed by atoms with Crippen LogP contribution in [0.5, 0.6) is 0 Å². The van der Waals surface area contributed by atoms with Gasteiger partial charge in [0.25, 0.3) is 0 Å². The summed E-state index contributed by atoms with van der Waals surface area (Å²) in [6.45, 7) is 1.16. The van der Waals surface area contributed by atoms with Crippen molar-refractivity contribution in [3.05, 3.63) is 18.1 Å². The molecule has 6 heteroatoms. The molecular weight excluding hydrogens is 218 g/mol. The van der Waals surface area contributed by atoms with Crippen LogP contribution in [0.15, 0.2) is 12.4 Å². The van der Waals surface area contributed by atoms with Crippen molar-refractivity contribution >= 4 is 11.7 Å². The minimum atomic E-state index is 0.137. The second-order valence-electron chi connectivity index (χ2n) is 3.89. The Morgan fingerprint density at radius 3 is 2.82 bits per heavy atom. The lowest BCUT2D eigenvalue weighted by molar-refractivity contribution is -0.122. The fraction of sp³-hybridized carbons (Fsp3) is 0.455. The Hall–Kier alpha value is -2.16. The van der Waals surface area contributed by atoms with E-state index in [0.29, 0.717) is 18.9 Å². The molecule has 0 aliphatic heterocycles. The Kier molecular flexibility index (Phi) is 3.50. The van der Waals surface area contributed by atoms with Crippen molar-refractivity contribution in [3.63, 3.8) is 0 Å². The molecule has 0 spiro atoms. The van der Waals surface area contributed by atoms with E-state index in [1.807, 2.05) is 6.07 Å². The number of amides is 1. The first-order chi connectivity index (χ1) is 8.29. The van der Waals surface area contributed by atoms with E-state index in [1.165, 1.54) is 12.4 Å². The predicted octanol–water partition coefficient (Wildman–Crippen LogP) is 0.286. The molecule has 1 aliphatic carbocycles. The third-order valence-corrected chi connectivity index (χ3v) is 2.44. The Morgan fingerprint density at radius 1 is 1.41 bits per heavy atom. The first kappa shape index (κ1) is 11.3. The highest BCUT2D eigenvalue weighted by Gasteiger charge is 2.28. The number of hydrogen-bond donors (Lipinski definition) is 2. The summed E-state index contributed by atoms with van der Waals surface area (Å²) in [5.41, 5.74) is 0.289. The maximum atomic E-state index is 11.3. The van der Waals surface area contributed by atoms with Crippen molar-refractivity contribution in [2.45, 2.75) is 12.8 Å². The van der Waals surface area contributed by atoms with Crippen LogP contribution in [0.4, 0.5) is 5.82 Å². The lowest BCUT2D eigenvalue weighted by atomic mass is 10.4. The molecule has 1 saturated carbocycles. The van der Waals surface area contributed by atoms with E-state index in [2.05, 4.69) is 20.6 Å². The van der Waals surface area contributed by atoms with E-state index < -0.39 is 0 Å². The molecule has 1 aliphatic rings. The molecular formula is C11H13N5O. The van der Waals surface area contributed by atoms with Crippen LogP contribution in [0, 0.1) is 17.2 Å². The molecule has 1 aromatic heterocycles. The van der Waals surface area contributed by atoms with E-state index in [0.717, 1.165) is 12.8 Å². The zero-order valence-electron chi connectivity index (χ0n) is 9.31. The van der Waals surface area contributed by atoms with Gasteiger partial charge >= 0.3 is 0 Å². The van der Waals surface area contributed by atoms with Gasteiger partial charge in [-0.3, -0.25) is 4.79 Å². The summed E-state index contributed by atoms with van der Waals surface area (Å²) in [5, 5.41) is 14.4. The first-order valence-electron chi connectivity index (χ1n) is 5.53. The fourth-order valence-electron chi connectivity index (χ4n) is 1.34. The molecule has 6 nitrogen and oxygen atoms in total. The topological polar surface area (TPSA) is 90.7 Å². The second kappa shape index (κ2) is 5.25. The molecule has 1 aromatic rings. The van der Waals surface area contributed by atoms with Gasteiger partial charge < -0.3 is 10.6 Å². The predicted molar refractivity (Wildman–Crippen MR) is 61.0 cm³/mol. The molecule has 0 unspecified atom stereocenters. The van der Waals surface area contributed by atoms with Crippen molar-refractivity contribution in [2.24, 2.45) is 5.92 Å². The highest BCUT2D eigenvalue weighted by atomic mass is 16.2. The van der Waals surface area contributed by atoms with E-state index in [-0.39, 0.29) is 17.5 Å². The summed E-state index contributed by atoms with van der Waals surface area (Å²) in [4.78, 5) is 19.2. The number of anilines is 1. The van der Waals surface area contributed by atoms with Gasteiger partial charge in [-0.15, -0.1) is 0 Å². The van der Waals surface area contributed by atoms with E-state index in [4.69, 9.17) is 5.26 Å². The van der Waals surface area contributed by atoms with Crippen LogP contribution >= 0.6 is 0 Å². The smallest absolute Gasteiger partial charge is 0.223 e. The van der Waals surface area contributed by atoms with E-state index in [1.54, 1.807) is 0 Å². The largest absolute Gasteiger partial charge is 0.367 e. The molecule has 2 N–H and O–H groups in total. The molecule has 0 radical (unpaired) electrons. The molecule has 1 amide bonds. The van der Waals surface area contributed by atoms with Crippen LogP contribution in [-0.2, 0) is 4.79 Å². The van der Waals surface area contributed by atoms with E-state index in [9.17, 15) is 4.79 Å². The lowest BCUT2D eigenvalue weighted by Crippen LogP contribution is -2.29. The van der Waals surface area contributed by atoms with Crippen LogP contribution in [-0.4, -0.2) is 29.0 Å². The van der Waals surface area contributed by atoms with Gasteiger partial charge in [-0.1, -0.05) is 0 Å². The van der Waals surface area contributed by atoms with Gasteiger partial charge in [-0.2, -0.15) is 5.26 Å². The molecule has 0 aromatic carbocycles. The van der Waals surface area contributed by atoms with Gasteiger partial charge in [0.2, 0.25) is 5.91 Å². The fourth-order valence-corrected chi connectivity index (χ4v) is 1.34. The molecule has 1 fully saturated rings. The molecule has 0 bridgehead atoms. The third-order valence-electron chi connectivity index (χ3n) is 2.44. The van der Waals surface area contributed by atoms with Crippen LogP contribution in [0.2, 0.25) is 0 Å². The third kappa shape index (κ3) is 3.41. The summed E-state index contributed by atoms with van der Waals surface area (Å²) in [6.07, 6.45) is 4.94. The number of hydrogen-bond acceptors (Lipinski definition) is 5. The van der Waals surface area contributed by atoms with Crippen LogP contribution in [0.3, 0.4) is 0 Å². The number of nitrogens with one attached hydrogen (secondary N) is 2. The summed E-state index contributed by atoms with van der Waals surface area (Å²) in [5.74, 6) is 0.979. The number of nitrogens with zero attached hydrogens (tertiary/aromatic N) is 3. The molecule has 1 heterocycles. The summed E-state index contributed by atoms with van der Waals surface area (Å²) < 4.78 is 0. The maximum absolute atomic E-state index is 11.3. The average Bonchev–Trinajstić information content (AvgIpc) is 3.19. The maximum Gasteiger partial charge on any atom is 0.223 e. The average molecular weight is 231 g/mol. The summed E-state index contributed by atoms with van der Waals surface area (Å²) in [7, 11) is 0. The first-order valence-corrected chi connectivity index (χ1v) is 5.53.